The van der Waals surface area contributed by atoms with Crippen LogP contribution in [0, 0.1) is 0 Å². The maximum atomic E-state index is 13.1. The van der Waals surface area contributed by atoms with Crippen LogP contribution in [0.1, 0.15) is 88.7 Å². The standard InChI is InChI=1S/C35H47NO6S/c1-7-34(3,4)24-14-15-29(28(22-24)35(5,6)8-2)41-18-11-17-36-33(40)27-23-30(42-19-21-43-20-16-31(37)38)25-12-9-10-13-26(25)32(27)39/h9-10,12-15,22-23,39H,7-8,11,16-21H2,1-6H3,(H,36,40)(H,37,38). The highest BCUT2D eigenvalue weighted by Crippen LogP contribution is 2.39. The van der Waals surface area contributed by atoms with Crippen molar-refractivity contribution in [3.05, 3.63) is 65.2 Å². The Morgan fingerprint density at radius 2 is 1.53 bits per heavy atom. The number of phenolic OH excluding ortho intramolecular Hbond substituents is 1. The van der Waals surface area contributed by atoms with Crippen molar-refractivity contribution in [2.45, 2.75) is 78.1 Å². The Bertz CT molecular complexity index is 1400. The number of carbonyl (C=O) groups excluding carboxylic acids is 1. The van der Waals surface area contributed by atoms with Gasteiger partial charge in [0.05, 0.1) is 25.2 Å². The van der Waals surface area contributed by atoms with Gasteiger partial charge in [0, 0.05) is 34.4 Å². The zero-order valence-electron chi connectivity index (χ0n) is 26.4. The summed E-state index contributed by atoms with van der Waals surface area (Å²) in [6, 6.07) is 15.4. The number of amides is 1. The molecule has 0 aromatic heterocycles. The SMILES string of the molecule is CCC(C)(C)c1ccc(OCCCNC(=O)c2cc(OCCSCCC(=O)O)c3ccccc3c2O)c(C(C)(C)CC)c1. The van der Waals surface area contributed by atoms with Gasteiger partial charge in [0.2, 0.25) is 0 Å². The number of carbonyl (C=O) groups is 2. The molecule has 0 atom stereocenters. The zero-order valence-corrected chi connectivity index (χ0v) is 27.2. The van der Waals surface area contributed by atoms with Crippen molar-refractivity contribution in [1.29, 1.82) is 0 Å². The van der Waals surface area contributed by atoms with Gasteiger partial charge in [-0.3, -0.25) is 9.59 Å². The number of aliphatic carboxylic acids is 1. The highest BCUT2D eigenvalue weighted by atomic mass is 32.2. The maximum absolute atomic E-state index is 13.1. The van der Waals surface area contributed by atoms with Crippen LogP contribution in [-0.2, 0) is 15.6 Å². The summed E-state index contributed by atoms with van der Waals surface area (Å²) in [7, 11) is 0. The lowest BCUT2D eigenvalue weighted by Crippen LogP contribution is -2.26. The molecule has 0 unspecified atom stereocenters. The smallest absolute Gasteiger partial charge is 0.304 e. The summed E-state index contributed by atoms with van der Waals surface area (Å²) in [4.78, 5) is 23.8. The van der Waals surface area contributed by atoms with Crippen molar-refractivity contribution in [3.8, 4) is 17.2 Å². The van der Waals surface area contributed by atoms with Crippen LogP contribution in [0.3, 0.4) is 0 Å². The molecule has 3 rings (SSSR count). The molecule has 3 N–H and O–H groups in total. The van der Waals surface area contributed by atoms with Gasteiger partial charge in [-0.05, 0) is 47.8 Å². The van der Waals surface area contributed by atoms with Crippen LogP contribution in [-0.4, -0.2) is 53.4 Å². The lowest BCUT2D eigenvalue weighted by atomic mass is 9.76. The summed E-state index contributed by atoms with van der Waals surface area (Å²) in [6.45, 7) is 14.6. The van der Waals surface area contributed by atoms with Crippen molar-refractivity contribution in [2.75, 3.05) is 31.3 Å². The fourth-order valence-electron chi connectivity index (χ4n) is 4.64. The monoisotopic (exact) mass is 609 g/mol. The highest BCUT2D eigenvalue weighted by Gasteiger charge is 2.26. The molecule has 0 spiro atoms. The van der Waals surface area contributed by atoms with Gasteiger partial charge < -0.3 is 25.0 Å². The fourth-order valence-corrected chi connectivity index (χ4v) is 5.37. The molecular weight excluding hydrogens is 562 g/mol. The third-order valence-corrected chi connectivity index (χ3v) is 9.24. The Morgan fingerprint density at radius 3 is 2.21 bits per heavy atom. The number of benzene rings is 3. The first-order valence-electron chi connectivity index (χ1n) is 15.1. The lowest BCUT2D eigenvalue weighted by molar-refractivity contribution is -0.136. The molecule has 234 valence electrons. The first-order valence-corrected chi connectivity index (χ1v) is 16.3. The average molecular weight is 610 g/mol. The molecule has 0 saturated carbocycles. The topological polar surface area (TPSA) is 105 Å². The third-order valence-electron chi connectivity index (χ3n) is 8.29. The Balaban J connectivity index is 1.63. The van der Waals surface area contributed by atoms with Crippen LogP contribution >= 0.6 is 11.8 Å². The van der Waals surface area contributed by atoms with Gasteiger partial charge in [-0.15, -0.1) is 0 Å². The minimum absolute atomic E-state index is 0.0338. The molecule has 0 radical (unpaired) electrons. The van der Waals surface area contributed by atoms with E-state index in [0.29, 0.717) is 54.2 Å². The normalized spacial score (nSPS) is 11.9. The Kier molecular flexibility index (Phi) is 12.2. The molecule has 0 saturated heterocycles. The van der Waals surface area contributed by atoms with E-state index in [4.69, 9.17) is 14.6 Å². The van der Waals surface area contributed by atoms with Crippen LogP contribution in [0.25, 0.3) is 10.8 Å². The van der Waals surface area contributed by atoms with E-state index in [1.54, 1.807) is 18.2 Å². The molecule has 43 heavy (non-hydrogen) atoms. The molecule has 3 aromatic rings. The van der Waals surface area contributed by atoms with Gasteiger partial charge in [0.25, 0.3) is 5.91 Å². The van der Waals surface area contributed by atoms with Gasteiger partial charge in [-0.25, -0.2) is 0 Å². The van der Waals surface area contributed by atoms with Crippen LogP contribution in [0.15, 0.2) is 48.5 Å². The number of phenols is 1. The Labute approximate surface area is 260 Å². The summed E-state index contributed by atoms with van der Waals surface area (Å²) in [5.74, 6) is 1.20. The molecule has 0 bridgehead atoms. The first-order chi connectivity index (χ1) is 20.4. The summed E-state index contributed by atoms with van der Waals surface area (Å²) in [5, 5.41) is 23.9. The van der Waals surface area contributed by atoms with E-state index in [1.165, 1.54) is 22.9 Å². The average Bonchev–Trinajstić information content (AvgIpc) is 2.99. The molecule has 0 heterocycles. The molecule has 3 aromatic carbocycles. The Hall–Kier alpha value is -3.39. The van der Waals surface area contributed by atoms with Crippen molar-refractivity contribution in [2.24, 2.45) is 0 Å². The molecule has 7 nitrogen and oxygen atoms in total. The number of aromatic hydroxyl groups is 1. The minimum atomic E-state index is -0.824. The number of rotatable bonds is 17. The van der Waals surface area contributed by atoms with Crippen molar-refractivity contribution >= 4 is 34.4 Å². The first kappa shape index (κ1) is 34.1. The second-order valence-corrected chi connectivity index (χ2v) is 13.3. The van der Waals surface area contributed by atoms with Gasteiger partial charge in [0.1, 0.15) is 17.2 Å². The number of hydrogen-bond acceptors (Lipinski definition) is 6. The number of carboxylic acid groups (broad SMARTS) is 1. The number of carboxylic acids is 1. The third kappa shape index (κ3) is 9.05. The van der Waals surface area contributed by atoms with Crippen molar-refractivity contribution in [3.63, 3.8) is 0 Å². The van der Waals surface area contributed by atoms with E-state index in [9.17, 15) is 14.7 Å². The number of nitrogens with one attached hydrogen (secondary N) is 1. The molecule has 1 amide bonds. The second kappa shape index (κ2) is 15.4. The highest BCUT2D eigenvalue weighted by molar-refractivity contribution is 7.99. The van der Waals surface area contributed by atoms with E-state index in [1.807, 2.05) is 12.1 Å². The second-order valence-electron chi connectivity index (χ2n) is 12.1. The van der Waals surface area contributed by atoms with Gasteiger partial charge >= 0.3 is 5.97 Å². The molecule has 0 aliphatic heterocycles. The van der Waals surface area contributed by atoms with Crippen LogP contribution in [0.5, 0.6) is 17.2 Å². The van der Waals surface area contributed by atoms with Crippen LogP contribution < -0.4 is 14.8 Å². The molecular formula is C35H47NO6S. The van der Waals surface area contributed by atoms with E-state index >= 15 is 0 Å². The van der Waals surface area contributed by atoms with Gasteiger partial charge in [0.15, 0.2) is 0 Å². The maximum Gasteiger partial charge on any atom is 0.304 e. The number of hydrogen-bond donors (Lipinski definition) is 3. The van der Waals surface area contributed by atoms with Crippen molar-refractivity contribution in [1.82, 2.24) is 5.32 Å². The minimum Gasteiger partial charge on any atom is -0.506 e. The molecule has 0 aliphatic rings. The van der Waals surface area contributed by atoms with Gasteiger partial charge in [-0.1, -0.05) is 77.9 Å². The molecule has 0 fully saturated rings. The summed E-state index contributed by atoms with van der Waals surface area (Å²) < 4.78 is 12.2. The van der Waals surface area contributed by atoms with E-state index in [2.05, 4.69) is 65.1 Å². The fraction of sp³-hybridized carbons (Fsp3) is 0.486. The van der Waals surface area contributed by atoms with E-state index in [0.717, 1.165) is 18.6 Å². The summed E-state index contributed by atoms with van der Waals surface area (Å²) >= 11 is 1.49. The molecule has 8 heteroatoms. The number of fused-ring (bicyclic) bond motifs is 1. The van der Waals surface area contributed by atoms with Crippen molar-refractivity contribution < 1.29 is 29.3 Å². The lowest BCUT2D eigenvalue weighted by Gasteiger charge is -2.30. The Morgan fingerprint density at radius 1 is 0.860 bits per heavy atom. The predicted molar refractivity (Wildman–Crippen MR) is 176 cm³/mol. The van der Waals surface area contributed by atoms with Gasteiger partial charge in [-0.2, -0.15) is 11.8 Å². The van der Waals surface area contributed by atoms with Crippen LogP contribution in [0.4, 0.5) is 0 Å². The van der Waals surface area contributed by atoms with E-state index < -0.39 is 5.97 Å². The quantitative estimate of drug-likeness (QED) is 0.135. The number of ether oxygens (including phenoxy) is 2. The largest absolute Gasteiger partial charge is 0.506 e. The summed E-state index contributed by atoms with van der Waals surface area (Å²) in [5.41, 5.74) is 2.71. The predicted octanol–water partition coefficient (Wildman–Crippen LogP) is 7.71. The summed E-state index contributed by atoms with van der Waals surface area (Å²) in [6.07, 6.45) is 2.74. The zero-order chi connectivity index (χ0) is 31.6. The van der Waals surface area contributed by atoms with Crippen LogP contribution in [0.2, 0.25) is 0 Å². The van der Waals surface area contributed by atoms with E-state index in [-0.39, 0.29) is 34.5 Å². The molecule has 0 aliphatic carbocycles. The number of thioether (sulfide) groups is 1.